The largest absolute Gasteiger partial charge is 0.489 e. The highest BCUT2D eigenvalue weighted by molar-refractivity contribution is 6.30. The Hall–Kier alpha value is -0.730. The van der Waals surface area contributed by atoms with Crippen molar-refractivity contribution in [2.45, 2.75) is 52.7 Å². The van der Waals surface area contributed by atoms with Gasteiger partial charge in [0, 0.05) is 11.1 Å². The molecule has 0 bridgehead atoms. The fraction of sp³-hybridized carbons (Fsp3) is 0.625. The van der Waals surface area contributed by atoms with Crippen molar-refractivity contribution < 1.29 is 4.74 Å². The van der Waals surface area contributed by atoms with E-state index in [0.717, 1.165) is 12.3 Å². The Morgan fingerprint density at radius 3 is 2.58 bits per heavy atom. The maximum atomic E-state index is 6.03. The topological polar surface area (TPSA) is 21.3 Å². The molecule has 0 saturated carbocycles. The van der Waals surface area contributed by atoms with Gasteiger partial charge in [0.15, 0.2) is 0 Å². The smallest absolute Gasteiger partial charge is 0.121 e. The van der Waals surface area contributed by atoms with Crippen molar-refractivity contribution in [3.05, 3.63) is 29.3 Å². The number of likely N-dealkylation sites (N-methyl/N-ethyl adjacent to an activating group) is 1. The van der Waals surface area contributed by atoms with Gasteiger partial charge in [-0.1, -0.05) is 44.9 Å². The molecule has 0 saturated heterocycles. The minimum Gasteiger partial charge on any atom is -0.489 e. The van der Waals surface area contributed by atoms with Crippen molar-refractivity contribution in [3.63, 3.8) is 0 Å². The van der Waals surface area contributed by atoms with Crippen LogP contribution >= 0.6 is 11.6 Å². The Balaban J connectivity index is 2.68. The van der Waals surface area contributed by atoms with Crippen molar-refractivity contribution >= 4 is 11.6 Å². The quantitative estimate of drug-likeness (QED) is 0.757. The van der Waals surface area contributed by atoms with E-state index in [-0.39, 0.29) is 6.10 Å². The summed E-state index contributed by atoms with van der Waals surface area (Å²) in [5.41, 5.74) is 0. The molecule has 3 heteroatoms. The summed E-state index contributed by atoms with van der Waals surface area (Å²) in [6.45, 7) is 9.73. The minimum atomic E-state index is 0.125. The zero-order chi connectivity index (χ0) is 14.3. The molecule has 3 unspecified atom stereocenters. The van der Waals surface area contributed by atoms with E-state index in [1.54, 1.807) is 0 Å². The highest BCUT2D eigenvalue weighted by atomic mass is 35.5. The van der Waals surface area contributed by atoms with Gasteiger partial charge in [0.1, 0.15) is 11.9 Å². The number of hydrogen-bond donors (Lipinski definition) is 1. The maximum Gasteiger partial charge on any atom is 0.121 e. The molecule has 0 aliphatic heterocycles. The second-order valence-corrected chi connectivity index (χ2v) is 5.57. The lowest BCUT2D eigenvalue weighted by atomic mass is 9.93. The third-order valence-electron chi connectivity index (χ3n) is 3.42. The summed E-state index contributed by atoms with van der Waals surface area (Å²) in [4.78, 5) is 0. The number of benzene rings is 1. The number of halogens is 1. The van der Waals surface area contributed by atoms with Gasteiger partial charge in [-0.15, -0.1) is 0 Å². The molecule has 19 heavy (non-hydrogen) atoms. The van der Waals surface area contributed by atoms with E-state index in [0.29, 0.717) is 17.0 Å². The Morgan fingerprint density at radius 1 is 1.26 bits per heavy atom. The van der Waals surface area contributed by atoms with Gasteiger partial charge in [-0.05, 0) is 44.0 Å². The molecule has 0 amide bonds. The summed E-state index contributed by atoms with van der Waals surface area (Å²) < 4.78 is 6.03. The molecule has 0 aliphatic carbocycles. The lowest BCUT2D eigenvalue weighted by Crippen LogP contribution is -2.45. The van der Waals surface area contributed by atoms with Crippen LogP contribution in [0.3, 0.4) is 0 Å². The van der Waals surface area contributed by atoms with Crippen LogP contribution in [0.25, 0.3) is 0 Å². The lowest BCUT2D eigenvalue weighted by Gasteiger charge is -2.30. The number of ether oxygens (including phenoxy) is 1. The van der Waals surface area contributed by atoms with Crippen LogP contribution in [-0.4, -0.2) is 18.7 Å². The monoisotopic (exact) mass is 283 g/mol. The molecule has 1 rings (SSSR count). The molecule has 0 aromatic heterocycles. The van der Waals surface area contributed by atoms with Crippen LogP contribution in [0.2, 0.25) is 5.02 Å². The van der Waals surface area contributed by atoms with E-state index >= 15 is 0 Å². The van der Waals surface area contributed by atoms with Gasteiger partial charge in [-0.25, -0.2) is 0 Å². The number of nitrogens with one attached hydrogen (secondary N) is 1. The average Bonchev–Trinajstić information content (AvgIpc) is 2.36. The first kappa shape index (κ1) is 16.3. The van der Waals surface area contributed by atoms with E-state index in [1.807, 2.05) is 24.3 Å². The van der Waals surface area contributed by atoms with E-state index in [9.17, 15) is 0 Å². The van der Waals surface area contributed by atoms with Crippen molar-refractivity contribution in [1.29, 1.82) is 0 Å². The van der Waals surface area contributed by atoms with Crippen LogP contribution in [0.1, 0.15) is 40.5 Å². The van der Waals surface area contributed by atoms with E-state index < -0.39 is 0 Å². The molecule has 0 radical (unpaired) electrons. The summed E-state index contributed by atoms with van der Waals surface area (Å²) in [6.07, 6.45) is 2.54. The second kappa shape index (κ2) is 8.44. The van der Waals surface area contributed by atoms with Crippen LogP contribution in [-0.2, 0) is 0 Å². The molecule has 108 valence electrons. The maximum absolute atomic E-state index is 6.03. The van der Waals surface area contributed by atoms with Crippen LogP contribution in [0, 0.1) is 5.92 Å². The predicted octanol–water partition coefficient (Wildman–Crippen LogP) is 4.52. The number of rotatable bonds is 8. The summed E-state index contributed by atoms with van der Waals surface area (Å²) >= 11 is 5.99. The van der Waals surface area contributed by atoms with E-state index in [1.165, 1.54) is 12.8 Å². The van der Waals surface area contributed by atoms with Crippen molar-refractivity contribution in [2.24, 2.45) is 5.92 Å². The van der Waals surface area contributed by atoms with E-state index in [2.05, 4.69) is 33.0 Å². The van der Waals surface area contributed by atoms with Crippen molar-refractivity contribution in [1.82, 2.24) is 5.32 Å². The zero-order valence-electron chi connectivity index (χ0n) is 12.4. The number of hydrogen-bond acceptors (Lipinski definition) is 2. The summed E-state index contributed by atoms with van der Waals surface area (Å²) in [5, 5.41) is 4.26. The molecule has 1 aromatic rings. The first-order chi connectivity index (χ1) is 9.08. The van der Waals surface area contributed by atoms with Gasteiger partial charge < -0.3 is 10.1 Å². The van der Waals surface area contributed by atoms with Crippen LogP contribution in [0.15, 0.2) is 24.3 Å². The standard InChI is InChI=1S/C16H26ClNO/c1-5-8-12(3)16(18-6-2)13(4)19-15-10-7-9-14(17)11-15/h7,9-13,16,18H,5-6,8H2,1-4H3. The Labute approximate surface area is 122 Å². The summed E-state index contributed by atoms with van der Waals surface area (Å²) in [7, 11) is 0. The molecule has 1 aromatic carbocycles. The molecule has 0 heterocycles. The summed E-state index contributed by atoms with van der Waals surface area (Å²) in [5.74, 6) is 1.44. The van der Waals surface area contributed by atoms with Crippen LogP contribution in [0.5, 0.6) is 5.75 Å². The van der Waals surface area contributed by atoms with Crippen LogP contribution < -0.4 is 10.1 Å². The van der Waals surface area contributed by atoms with Gasteiger partial charge in [-0.2, -0.15) is 0 Å². The second-order valence-electron chi connectivity index (χ2n) is 5.13. The zero-order valence-corrected chi connectivity index (χ0v) is 13.2. The van der Waals surface area contributed by atoms with Crippen molar-refractivity contribution in [3.8, 4) is 5.75 Å². The summed E-state index contributed by atoms with van der Waals surface area (Å²) in [6, 6.07) is 7.97. The van der Waals surface area contributed by atoms with Gasteiger partial charge in [0.05, 0.1) is 0 Å². The minimum absolute atomic E-state index is 0.125. The van der Waals surface area contributed by atoms with Gasteiger partial charge in [0.2, 0.25) is 0 Å². The fourth-order valence-electron chi connectivity index (χ4n) is 2.53. The first-order valence-electron chi connectivity index (χ1n) is 7.24. The molecule has 0 fully saturated rings. The normalized spacial score (nSPS) is 15.8. The van der Waals surface area contributed by atoms with Crippen LogP contribution in [0.4, 0.5) is 0 Å². The molecular weight excluding hydrogens is 258 g/mol. The third kappa shape index (κ3) is 5.42. The Bertz CT molecular complexity index is 370. The van der Waals surface area contributed by atoms with Gasteiger partial charge in [0.25, 0.3) is 0 Å². The SMILES string of the molecule is CCCC(C)C(NCC)C(C)Oc1cccc(Cl)c1. The molecular formula is C16H26ClNO. The Morgan fingerprint density at radius 2 is 2.00 bits per heavy atom. The first-order valence-corrected chi connectivity index (χ1v) is 7.61. The van der Waals surface area contributed by atoms with Gasteiger partial charge >= 0.3 is 0 Å². The highest BCUT2D eigenvalue weighted by Crippen LogP contribution is 2.22. The van der Waals surface area contributed by atoms with E-state index in [4.69, 9.17) is 16.3 Å². The average molecular weight is 284 g/mol. The fourth-order valence-corrected chi connectivity index (χ4v) is 2.71. The predicted molar refractivity (Wildman–Crippen MR) is 83.1 cm³/mol. The molecule has 0 spiro atoms. The van der Waals surface area contributed by atoms with Gasteiger partial charge in [-0.3, -0.25) is 0 Å². The van der Waals surface area contributed by atoms with Crippen molar-refractivity contribution in [2.75, 3.05) is 6.54 Å². The molecule has 2 nitrogen and oxygen atoms in total. The highest BCUT2D eigenvalue weighted by Gasteiger charge is 2.23. The third-order valence-corrected chi connectivity index (χ3v) is 3.66. The molecule has 0 aliphatic rings. The Kier molecular flexibility index (Phi) is 7.25. The molecule has 1 N–H and O–H groups in total. The molecule has 3 atom stereocenters. The lowest BCUT2D eigenvalue weighted by molar-refractivity contribution is 0.137.